The van der Waals surface area contributed by atoms with Crippen LogP contribution in [0.3, 0.4) is 0 Å². The van der Waals surface area contributed by atoms with Gasteiger partial charge in [0.1, 0.15) is 0 Å². The molecule has 0 radical (unpaired) electrons. The Kier molecular flexibility index (Phi) is 10.5. The highest BCUT2D eigenvalue weighted by Crippen LogP contribution is 2.42. The van der Waals surface area contributed by atoms with Gasteiger partial charge in [-0.1, -0.05) is 208 Å². The summed E-state index contributed by atoms with van der Waals surface area (Å²) in [6.07, 6.45) is 13.2. The molecule has 302 valence electrons. The summed E-state index contributed by atoms with van der Waals surface area (Å²) in [4.78, 5) is 11.2. The smallest absolute Gasteiger partial charge is 0.0978 e. The van der Waals surface area contributed by atoms with E-state index in [0.29, 0.717) is 11.8 Å². The number of pyridine rings is 2. The van der Waals surface area contributed by atoms with Crippen molar-refractivity contribution in [1.29, 1.82) is 0 Å². The first-order chi connectivity index (χ1) is 30.7. The molecule has 0 atom stereocenters. The first kappa shape index (κ1) is 38.3. The SMILES string of the molecule is c1ccc(-c2ccc(-c3cc(-c4ccc(C5CCCCC5)cc4)nc4c3ccc3c(-c5ccc(-c6ccccc6)cc5)cc(-c5ccc(C6CCCCC6)cc5)nc34)cc2)cc1. The predicted octanol–water partition coefficient (Wildman–Crippen LogP) is 16.9. The van der Waals surface area contributed by atoms with Crippen molar-refractivity contribution in [3.63, 3.8) is 0 Å². The standard InChI is InChI=1S/C60H52N2/c1-5-13-41(14-6-1)45-21-29-49(30-22-45)55-39-57(51-33-25-47(26-34-51)43-17-9-3-10-18-43)61-59-53(55)37-38-54-56(50-31-23-46(24-32-50)42-15-7-2-8-16-42)40-58(62-60(54)59)52-35-27-48(28-36-52)44-19-11-4-12-20-44/h1-2,5-8,13-16,21-40,43-44H,3-4,9-12,17-20H2. The second kappa shape index (κ2) is 17.0. The Morgan fingerprint density at radius 1 is 0.290 bits per heavy atom. The van der Waals surface area contributed by atoms with Gasteiger partial charge in [0.15, 0.2) is 0 Å². The molecule has 0 aliphatic heterocycles. The summed E-state index contributed by atoms with van der Waals surface area (Å²) in [5.74, 6) is 1.31. The lowest BCUT2D eigenvalue weighted by atomic mass is 9.84. The van der Waals surface area contributed by atoms with Crippen LogP contribution in [0.5, 0.6) is 0 Å². The van der Waals surface area contributed by atoms with Gasteiger partial charge < -0.3 is 0 Å². The lowest BCUT2D eigenvalue weighted by Gasteiger charge is -2.22. The first-order valence-corrected chi connectivity index (χ1v) is 23.0. The Labute approximate surface area is 366 Å². The minimum atomic E-state index is 0.657. The third kappa shape index (κ3) is 7.64. The number of hydrogen-bond acceptors (Lipinski definition) is 2. The van der Waals surface area contributed by atoms with Crippen LogP contribution in [0.2, 0.25) is 0 Å². The van der Waals surface area contributed by atoms with E-state index in [2.05, 4.69) is 182 Å². The highest BCUT2D eigenvalue weighted by Gasteiger charge is 2.20. The number of aromatic nitrogens is 2. The molecule has 0 amide bonds. The van der Waals surface area contributed by atoms with E-state index in [0.717, 1.165) is 44.3 Å². The van der Waals surface area contributed by atoms with Gasteiger partial charge in [-0.2, -0.15) is 0 Å². The molecular weight excluding hydrogens is 749 g/mol. The Hall–Kier alpha value is -6.64. The molecule has 7 aromatic carbocycles. The molecule has 62 heavy (non-hydrogen) atoms. The Balaban J connectivity index is 1.10. The van der Waals surface area contributed by atoms with Crippen LogP contribution in [0, 0.1) is 0 Å². The summed E-state index contributed by atoms with van der Waals surface area (Å²) in [5.41, 5.74) is 18.5. The average Bonchev–Trinajstić information content (AvgIpc) is 3.37. The Bertz CT molecular complexity index is 2750. The number of benzene rings is 7. The highest BCUT2D eigenvalue weighted by atomic mass is 14.8. The van der Waals surface area contributed by atoms with Crippen LogP contribution >= 0.6 is 0 Å². The number of nitrogens with zero attached hydrogens (tertiary/aromatic N) is 2. The van der Waals surface area contributed by atoms with Gasteiger partial charge in [-0.15, -0.1) is 0 Å². The number of hydrogen-bond donors (Lipinski definition) is 0. The van der Waals surface area contributed by atoms with E-state index in [1.807, 2.05) is 0 Å². The molecule has 0 N–H and O–H groups in total. The zero-order valence-corrected chi connectivity index (χ0v) is 35.4. The maximum atomic E-state index is 5.60. The summed E-state index contributed by atoms with van der Waals surface area (Å²) in [5, 5.41) is 2.21. The van der Waals surface area contributed by atoms with Gasteiger partial charge in [0.25, 0.3) is 0 Å². The fourth-order valence-corrected chi connectivity index (χ4v) is 10.4. The van der Waals surface area contributed by atoms with E-state index in [1.54, 1.807) is 0 Å². The summed E-state index contributed by atoms with van der Waals surface area (Å²) in [6, 6.07) is 67.2. The van der Waals surface area contributed by atoms with Gasteiger partial charge >= 0.3 is 0 Å². The molecule has 2 saturated carbocycles. The monoisotopic (exact) mass is 800 g/mol. The van der Waals surface area contributed by atoms with E-state index in [9.17, 15) is 0 Å². The van der Waals surface area contributed by atoms with E-state index in [-0.39, 0.29) is 0 Å². The van der Waals surface area contributed by atoms with Crippen LogP contribution in [0.15, 0.2) is 182 Å². The molecule has 0 spiro atoms. The molecule has 2 aliphatic rings. The minimum absolute atomic E-state index is 0.657. The number of rotatable bonds is 8. The van der Waals surface area contributed by atoms with E-state index in [4.69, 9.17) is 9.97 Å². The lowest BCUT2D eigenvalue weighted by molar-refractivity contribution is 0.443. The normalized spacial score (nSPS) is 15.0. The molecule has 2 heteroatoms. The zero-order chi connectivity index (χ0) is 41.2. The number of fused-ring (bicyclic) bond motifs is 3. The van der Waals surface area contributed by atoms with Crippen LogP contribution < -0.4 is 0 Å². The molecule has 2 nitrogen and oxygen atoms in total. The summed E-state index contributed by atoms with van der Waals surface area (Å²) >= 11 is 0. The van der Waals surface area contributed by atoms with Gasteiger partial charge in [0.2, 0.25) is 0 Å². The van der Waals surface area contributed by atoms with Gasteiger partial charge in [-0.25, -0.2) is 9.97 Å². The second-order valence-corrected chi connectivity index (χ2v) is 17.8. The van der Waals surface area contributed by atoms with Gasteiger partial charge in [-0.3, -0.25) is 0 Å². The molecule has 2 aliphatic carbocycles. The molecule has 2 fully saturated rings. The maximum Gasteiger partial charge on any atom is 0.0978 e. The zero-order valence-electron chi connectivity index (χ0n) is 35.4. The molecule has 0 saturated heterocycles. The van der Waals surface area contributed by atoms with Crippen LogP contribution in [0.4, 0.5) is 0 Å². The highest BCUT2D eigenvalue weighted by molar-refractivity contribution is 6.13. The average molecular weight is 801 g/mol. The van der Waals surface area contributed by atoms with Crippen LogP contribution in [-0.2, 0) is 0 Å². The molecule has 0 unspecified atom stereocenters. The second-order valence-electron chi connectivity index (χ2n) is 17.8. The fraction of sp³-hybridized carbons (Fsp3) is 0.200. The van der Waals surface area contributed by atoms with Crippen molar-refractivity contribution in [2.75, 3.05) is 0 Å². The molecule has 2 aromatic heterocycles. The van der Waals surface area contributed by atoms with Crippen LogP contribution in [0.25, 0.3) is 88.8 Å². The molecule has 0 bridgehead atoms. The topological polar surface area (TPSA) is 25.8 Å². The summed E-state index contributed by atoms with van der Waals surface area (Å²) < 4.78 is 0. The summed E-state index contributed by atoms with van der Waals surface area (Å²) in [7, 11) is 0. The predicted molar refractivity (Wildman–Crippen MR) is 261 cm³/mol. The molecule has 9 aromatic rings. The van der Waals surface area contributed by atoms with Crippen LogP contribution in [0.1, 0.15) is 87.2 Å². The van der Waals surface area contributed by atoms with E-state index in [1.165, 1.54) is 120 Å². The van der Waals surface area contributed by atoms with Crippen molar-refractivity contribution >= 4 is 21.8 Å². The van der Waals surface area contributed by atoms with Gasteiger partial charge in [-0.05, 0) is 105 Å². The maximum absolute atomic E-state index is 5.60. The van der Waals surface area contributed by atoms with Crippen molar-refractivity contribution < 1.29 is 0 Å². The third-order valence-corrected chi connectivity index (χ3v) is 13.9. The molecule has 11 rings (SSSR count). The van der Waals surface area contributed by atoms with Crippen molar-refractivity contribution in [3.8, 4) is 67.0 Å². The molecule has 2 heterocycles. The van der Waals surface area contributed by atoms with Crippen molar-refractivity contribution in [2.24, 2.45) is 0 Å². The fourth-order valence-electron chi connectivity index (χ4n) is 10.4. The third-order valence-electron chi connectivity index (χ3n) is 13.9. The van der Waals surface area contributed by atoms with Crippen molar-refractivity contribution in [2.45, 2.75) is 76.0 Å². The quantitative estimate of drug-likeness (QED) is 0.143. The first-order valence-electron chi connectivity index (χ1n) is 23.0. The van der Waals surface area contributed by atoms with Gasteiger partial charge in [0.05, 0.1) is 22.4 Å². The Morgan fingerprint density at radius 2 is 0.613 bits per heavy atom. The summed E-state index contributed by atoms with van der Waals surface area (Å²) in [6.45, 7) is 0. The largest absolute Gasteiger partial charge is 0.245 e. The Morgan fingerprint density at radius 3 is 0.984 bits per heavy atom. The van der Waals surface area contributed by atoms with Crippen molar-refractivity contribution in [1.82, 2.24) is 9.97 Å². The van der Waals surface area contributed by atoms with Gasteiger partial charge in [0, 0.05) is 21.9 Å². The van der Waals surface area contributed by atoms with E-state index >= 15 is 0 Å². The van der Waals surface area contributed by atoms with Crippen molar-refractivity contribution in [3.05, 3.63) is 193 Å². The van der Waals surface area contributed by atoms with E-state index < -0.39 is 0 Å². The lowest BCUT2D eigenvalue weighted by Crippen LogP contribution is -2.04. The molecular formula is C60H52N2. The van der Waals surface area contributed by atoms with Crippen LogP contribution in [-0.4, -0.2) is 9.97 Å². The minimum Gasteiger partial charge on any atom is -0.245 e.